The first-order valence-electron chi connectivity index (χ1n) is 7.27. The van der Waals surface area contributed by atoms with Gasteiger partial charge in [0.25, 0.3) is 11.8 Å². The molecule has 0 aliphatic heterocycles. The zero-order valence-corrected chi connectivity index (χ0v) is 13.6. The Morgan fingerprint density at radius 2 is 1.65 bits per heavy atom. The molecule has 0 bridgehead atoms. The molecule has 0 aromatic heterocycles. The lowest BCUT2D eigenvalue weighted by atomic mass is 10.3. The van der Waals surface area contributed by atoms with E-state index >= 15 is 0 Å². The third-order valence-corrected chi connectivity index (χ3v) is 3.07. The first kappa shape index (κ1) is 18.4. The molecule has 0 spiro atoms. The number of anilines is 1. The summed E-state index contributed by atoms with van der Waals surface area (Å²) < 4.78 is 5.05. The van der Waals surface area contributed by atoms with Gasteiger partial charge in [-0.25, -0.2) is 0 Å². The van der Waals surface area contributed by atoms with Crippen molar-refractivity contribution in [3.05, 3.63) is 24.3 Å². The number of carbonyl (C=O) groups excluding carboxylic acids is 3. The quantitative estimate of drug-likeness (QED) is 0.469. The summed E-state index contributed by atoms with van der Waals surface area (Å²) >= 11 is 0. The highest BCUT2D eigenvalue weighted by Gasteiger charge is 2.16. The molecule has 1 aromatic carbocycles. The minimum Gasteiger partial charge on any atom is -0.497 e. The van der Waals surface area contributed by atoms with E-state index in [0.29, 0.717) is 18.0 Å². The third kappa shape index (κ3) is 7.28. The Morgan fingerprint density at radius 1 is 1.04 bits per heavy atom. The summed E-state index contributed by atoms with van der Waals surface area (Å²) in [6.45, 7) is 4.01. The Bertz CT molecular complexity index is 545. The van der Waals surface area contributed by atoms with Crippen LogP contribution in [0.3, 0.4) is 0 Å². The van der Waals surface area contributed by atoms with E-state index in [-0.39, 0.29) is 30.8 Å². The maximum Gasteiger partial charge on any atom is 0.293 e. The monoisotopic (exact) mass is 323 g/mol. The lowest BCUT2D eigenvalue weighted by Crippen LogP contribution is -3.14. The first-order chi connectivity index (χ1) is 10.9. The molecule has 0 heterocycles. The van der Waals surface area contributed by atoms with Crippen molar-refractivity contribution < 1.29 is 24.0 Å². The molecule has 4 N–H and O–H groups in total. The third-order valence-electron chi connectivity index (χ3n) is 3.07. The Kier molecular flexibility index (Phi) is 7.55. The molecular weight excluding hydrogens is 300 g/mol. The van der Waals surface area contributed by atoms with Gasteiger partial charge in [0.15, 0.2) is 13.1 Å². The fourth-order valence-electron chi connectivity index (χ4n) is 1.85. The van der Waals surface area contributed by atoms with E-state index in [1.165, 1.54) is 6.92 Å². The molecule has 126 valence electrons. The van der Waals surface area contributed by atoms with Gasteiger partial charge in [-0.3, -0.25) is 25.2 Å². The predicted molar refractivity (Wildman–Crippen MR) is 84.8 cm³/mol. The van der Waals surface area contributed by atoms with Crippen molar-refractivity contribution in [3.63, 3.8) is 0 Å². The Hall–Kier alpha value is -2.61. The van der Waals surface area contributed by atoms with E-state index in [0.717, 1.165) is 4.90 Å². The van der Waals surface area contributed by atoms with Gasteiger partial charge in [0.1, 0.15) is 5.75 Å². The van der Waals surface area contributed by atoms with E-state index in [2.05, 4.69) is 16.2 Å². The number of rotatable bonds is 7. The van der Waals surface area contributed by atoms with E-state index in [9.17, 15) is 14.4 Å². The topological polar surface area (TPSA) is 101 Å². The van der Waals surface area contributed by atoms with Gasteiger partial charge < -0.3 is 15.0 Å². The maximum absolute atomic E-state index is 12.0. The summed E-state index contributed by atoms with van der Waals surface area (Å²) in [4.78, 5) is 35.2. The molecule has 0 aliphatic rings. The molecular formula is C15H23N4O4+. The normalized spacial score (nSPS) is 11.3. The molecule has 0 radical (unpaired) electrons. The van der Waals surface area contributed by atoms with Crippen molar-refractivity contribution in [2.75, 3.05) is 32.1 Å². The SMILES string of the molecule is CC[NH+](CC(=O)NNC(C)=O)CC(=O)Nc1ccc(OC)cc1. The number of amides is 3. The van der Waals surface area contributed by atoms with E-state index in [1.54, 1.807) is 31.4 Å². The summed E-state index contributed by atoms with van der Waals surface area (Å²) in [7, 11) is 1.57. The molecule has 1 unspecified atom stereocenters. The Balaban J connectivity index is 2.45. The van der Waals surface area contributed by atoms with Crippen LogP contribution in [0.2, 0.25) is 0 Å². The van der Waals surface area contributed by atoms with Crippen LogP contribution >= 0.6 is 0 Å². The second-order valence-corrected chi connectivity index (χ2v) is 4.96. The van der Waals surface area contributed by atoms with Crippen LogP contribution in [0, 0.1) is 0 Å². The molecule has 1 aromatic rings. The highest BCUT2D eigenvalue weighted by molar-refractivity contribution is 5.91. The number of carbonyl (C=O) groups is 3. The van der Waals surface area contributed by atoms with Gasteiger partial charge in [-0.2, -0.15) is 0 Å². The van der Waals surface area contributed by atoms with Crippen molar-refractivity contribution in [3.8, 4) is 5.75 Å². The highest BCUT2D eigenvalue weighted by atomic mass is 16.5. The van der Waals surface area contributed by atoms with Crippen LogP contribution in [0.4, 0.5) is 5.69 Å². The fraction of sp³-hybridized carbons (Fsp3) is 0.400. The lowest BCUT2D eigenvalue weighted by molar-refractivity contribution is -0.881. The van der Waals surface area contributed by atoms with Gasteiger partial charge in [-0.15, -0.1) is 0 Å². The van der Waals surface area contributed by atoms with Crippen LogP contribution in [0.25, 0.3) is 0 Å². The van der Waals surface area contributed by atoms with Crippen molar-refractivity contribution in [2.24, 2.45) is 0 Å². The van der Waals surface area contributed by atoms with Crippen LogP contribution < -0.4 is 25.8 Å². The summed E-state index contributed by atoms with van der Waals surface area (Å²) in [6.07, 6.45) is 0. The number of ether oxygens (including phenoxy) is 1. The fourth-order valence-corrected chi connectivity index (χ4v) is 1.85. The Morgan fingerprint density at radius 3 is 2.17 bits per heavy atom. The zero-order valence-electron chi connectivity index (χ0n) is 13.6. The van der Waals surface area contributed by atoms with Crippen molar-refractivity contribution in [1.82, 2.24) is 10.9 Å². The number of hydrogen-bond donors (Lipinski definition) is 4. The number of quaternary nitrogens is 1. The largest absolute Gasteiger partial charge is 0.497 e. The van der Waals surface area contributed by atoms with Gasteiger partial charge in [-0.05, 0) is 31.2 Å². The molecule has 0 saturated carbocycles. The number of nitrogens with one attached hydrogen (secondary N) is 4. The van der Waals surface area contributed by atoms with Crippen LogP contribution in [0.5, 0.6) is 5.75 Å². The van der Waals surface area contributed by atoms with E-state index in [4.69, 9.17) is 4.74 Å². The van der Waals surface area contributed by atoms with E-state index in [1.807, 2.05) is 6.92 Å². The van der Waals surface area contributed by atoms with Gasteiger partial charge in [0, 0.05) is 12.6 Å². The molecule has 8 nitrogen and oxygen atoms in total. The molecule has 1 atom stereocenters. The van der Waals surface area contributed by atoms with Crippen molar-refractivity contribution in [1.29, 1.82) is 0 Å². The molecule has 0 fully saturated rings. The minimum absolute atomic E-state index is 0.0901. The number of benzene rings is 1. The van der Waals surface area contributed by atoms with Crippen LogP contribution in [0.1, 0.15) is 13.8 Å². The molecule has 3 amide bonds. The summed E-state index contributed by atoms with van der Waals surface area (Å²) in [6, 6.07) is 6.99. The number of hydrazine groups is 1. The minimum atomic E-state index is -0.353. The van der Waals surface area contributed by atoms with Crippen LogP contribution in [0.15, 0.2) is 24.3 Å². The summed E-state index contributed by atoms with van der Waals surface area (Å²) in [5, 5.41) is 2.76. The summed E-state index contributed by atoms with van der Waals surface area (Å²) in [5.41, 5.74) is 5.15. The van der Waals surface area contributed by atoms with Crippen molar-refractivity contribution in [2.45, 2.75) is 13.8 Å². The first-order valence-corrected chi connectivity index (χ1v) is 7.27. The van der Waals surface area contributed by atoms with Crippen LogP contribution in [-0.4, -0.2) is 44.5 Å². The second-order valence-electron chi connectivity index (χ2n) is 4.96. The number of likely N-dealkylation sites (N-methyl/N-ethyl adjacent to an activating group) is 1. The molecule has 0 aliphatic carbocycles. The molecule has 8 heteroatoms. The Labute approximate surface area is 135 Å². The van der Waals surface area contributed by atoms with Gasteiger partial charge in [-0.1, -0.05) is 0 Å². The number of methoxy groups -OCH3 is 1. The predicted octanol–water partition coefficient (Wildman–Crippen LogP) is -1.29. The molecule has 1 rings (SSSR count). The highest BCUT2D eigenvalue weighted by Crippen LogP contribution is 2.14. The molecule has 0 saturated heterocycles. The average Bonchev–Trinajstić information content (AvgIpc) is 2.53. The van der Waals surface area contributed by atoms with Gasteiger partial charge in [0.05, 0.1) is 13.7 Å². The second kappa shape index (κ2) is 9.42. The standard InChI is InChI=1S/C15H22N4O4/c1-4-19(10-15(22)18-17-11(2)20)9-14(21)16-12-5-7-13(23-3)8-6-12/h5-8H,4,9-10H2,1-3H3,(H,16,21)(H,17,20)(H,18,22)/p+1. The summed E-state index contributed by atoms with van der Waals surface area (Å²) in [5.74, 6) is -0.194. The van der Waals surface area contributed by atoms with E-state index < -0.39 is 0 Å². The van der Waals surface area contributed by atoms with Crippen LogP contribution in [-0.2, 0) is 14.4 Å². The number of hydrogen-bond acceptors (Lipinski definition) is 4. The zero-order chi connectivity index (χ0) is 17.2. The molecule has 23 heavy (non-hydrogen) atoms. The van der Waals surface area contributed by atoms with Gasteiger partial charge >= 0.3 is 0 Å². The smallest absolute Gasteiger partial charge is 0.293 e. The van der Waals surface area contributed by atoms with Gasteiger partial charge in [0.2, 0.25) is 5.91 Å². The average molecular weight is 323 g/mol. The van der Waals surface area contributed by atoms with Crippen molar-refractivity contribution >= 4 is 23.4 Å². The lowest BCUT2D eigenvalue weighted by Gasteiger charge is -2.17. The maximum atomic E-state index is 12.0.